The number of hydrogen-bond donors (Lipinski definition) is 1. The molecule has 19 heavy (non-hydrogen) atoms. The number of benzene rings is 2. The van der Waals surface area contributed by atoms with Gasteiger partial charge < -0.3 is 5.73 Å². The van der Waals surface area contributed by atoms with Gasteiger partial charge in [0.2, 0.25) is 0 Å². The Balaban J connectivity index is 0.00000180. The van der Waals surface area contributed by atoms with Gasteiger partial charge in [0.1, 0.15) is 5.25 Å². The standard InChI is InChI=1S/C13H12FNO2S.ClH/c14-18(16,17)13(10-4-2-1-3-5-10)11-6-8-12(15)9-7-11;/h1-9,13H,15H2;1H. The Labute approximate surface area is 117 Å². The van der Waals surface area contributed by atoms with Gasteiger partial charge in [-0.1, -0.05) is 42.5 Å². The van der Waals surface area contributed by atoms with E-state index in [1.807, 2.05) is 0 Å². The Hall–Kier alpha value is -1.59. The van der Waals surface area contributed by atoms with Crippen molar-refractivity contribution < 1.29 is 12.3 Å². The van der Waals surface area contributed by atoms with Crippen LogP contribution in [-0.2, 0) is 10.2 Å². The van der Waals surface area contributed by atoms with Gasteiger partial charge in [0, 0.05) is 5.69 Å². The maximum absolute atomic E-state index is 13.5. The molecule has 0 amide bonds. The molecular formula is C13H13ClFNO2S. The molecule has 1 atom stereocenters. The molecule has 0 saturated carbocycles. The highest BCUT2D eigenvalue weighted by molar-refractivity contribution is 7.86. The highest BCUT2D eigenvalue weighted by Gasteiger charge is 2.28. The molecule has 0 aromatic heterocycles. The zero-order valence-corrected chi connectivity index (χ0v) is 11.5. The maximum atomic E-state index is 13.5. The van der Waals surface area contributed by atoms with Crippen LogP contribution in [0.4, 0.5) is 9.57 Å². The molecule has 0 radical (unpaired) electrons. The first kappa shape index (κ1) is 15.5. The maximum Gasteiger partial charge on any atom is 0.313 e. The minimum atomic E-state index is -4.72. The van der Waals surface area contributed by atoms with Gasteiger partial charge in [-0.15, -0.1) is 16.3 Å². The molecule has 0 aliphatic heterocycles. The fraction of sp³-hybridized carbons (Fsp3) is 0.0769. The van der Waals surface area contributed by atoms with Gasteiger partial charge >= 0.3 is 10.2 Å². The summed E-state index contributed by atoms with van der Waals surface area (Å²) in [5.41, 5.74) is 6.79. The fourth-order valence-corrected chi connectivity index (χ4v) is 2.78. The number of anilines is 1. The molecule has 1 unspecified atom stereocenters. The molecule has 0 spiro atoms. The highest BCUT2D eigenvalue weighted by atomic mass is 35.5. The van der Waals surface area contributed by atoms with Gasteiger partial charge in [0.15, 0.2) is 0 Å². The van der Waals surface area contributed by atoms with E-state index >= 15 is 0 Å². The average Bonchev–Trinajstić information content (AvgIpc) is 2.32. The molecule has 6 heteroatoms. The zero-order chi connectivity index (χ0) is 13.2. The van der Waals surface area contributed by atoms with E-state index in [4.69, 9.17) is 5.73 Å². The van der Waals surface area contributed by atoms with Crippen LogP contribution in [0.2, 0.25) is 0 Å². The van der Waals surface area contributed by atoms with Crippen molar-refractivity contribution in [1.29, 1.82) is 0 Å². The summed E-state index contributed by atoms with van der Waals surface area (Å²) in [7, 11) is -4.72. The summed E-state index contributed by atoms with van der Waals surface area (Å²) >= 11 is 0. The predicted molar refractivity (Wildman–Crippen MR) is 76.4 cm³/mol. The van der Waals surface area contributed by atoms with Crippen molar-refractivity contribution >= 4 is 28.3 Å². The summed E-state index contributed by atoms with van der Waals surface area (Å²) in [5.74, 6) is 0. The lowest BCUT2D eigenvalue weighted by atomic mass is 10.0. The zero-order valence-electron chi connectivity index (χ0n) is 9.86. The monoisotopic (exact) mass is 301 g/mol. The molecule has 2 aromatic carbocycles. The molecule has 0 aliphatic rings. The Bertz CT molecular complexity index is 629. The third-order valence-electron chi connectivity index (χ3n) is 2.62. The number of rotatable bonds is 3. The van der Waals surface area contributed by atoms with E-state index < -0.39 is 15.5 Å². The summed E-state index contributed by atoms with van der Waals surface area (Å²) in [6, 6.07) is 14.4. The summed E-state index contributed by atoms with van der Waals surface area (Å²) in [6.45, 7) is 0. The largest absolute Gasteiger partial charge is 0.399 e. The van der Waals surface area contributed by atoms with Gasteiger partial charge in [-0.2, -0.15) is 8.42 Å². The summed E-state index contributed by atoms with van der Waals surface area (Å²) in [4.78, 5) is 0. The van der Waals surface area contributed by atoms with Crippen molar-refractivity contribution in [2.45, 2.75) is 5.25 Å². The van der Waals surface area contributed by atoms with E-state index in [9.17, 15) is 12.3 Å². The highest BCUT2D eigenvalue weighted by Crippen LogP contribution is 2.31. The number of nitrogen functional groups attached to an aromatic ring is 1. The molecule has 0 heterocycles. The molecule has 0 bridgehead atoms. The van der Waals surface area contributed by atoms with Crippen molar-refractivity contribution in [2.24, 2.45) is 0 Å². The van der Waals surface area contributed by atoms with E-state index in [1.54, 1.807) is 42.5 Å². The van der Waals surface area contributed by atoms with Crippen LogP contribution in [-0.4, -0.2) is 8.42 Å². The molecule has 0 fully saturated rings. The van der Waals surface area contributed by atoms with Crippen LogP contribution in [0, 0.1) is 0 Å². The van der Waals surface area contributed by atoms with Gasteiger partial charge in [-0.05, 0) is 23.3 Å². The molecule has 2 rings (SSSR count). The third kappa shape index (κ3) is 3.68. The minimum absolute atomic E-state index is 0. The van der Waals surface area contributed by atoms with Gasteiger partial charge in [0.05, 0.1) is 0 Å². The normalized spacial score (nSPS) is 12.5. The van der Waals surface area contributed by atoms with E-state index in [2.05, 4.69) is 0 Å². The third-order valence-corrected chi connectivity index (χ3v) is 3.73. The van der Waals surface area contributed by atoms with E-state index in [0.29, 0.717) is 16.8 Å². The van der Waals surface area contributed by atoms with Crippen LogP contribution in [0.15, 0.2) is 54.6 Å². The van der Waals surface area contributed by atoms with Crippen LogP contribution in [0.1, 0.15) is 16.4 Å². The quantitative estimate of drug-likeness (QED) is 0.700. The topological polar surface area (TPSA) is 60.2 Å². The molecule has 2 N–H and O–H groups in total. The average molecular weight is 302 g/mol. The summed E-state index contributed by atoms with van der Waals surface area (Å²) in [5, 5.41) is -1.31. The van der Waals surface area contributed by atoms with E-state index in [1.165, 1.54) is 12.1 Å². The second-order valence-corrected chi connectivity index (χ2v) is 5.36. The lowest BCUT2D eigenvalue weighted by molar-refractivity contribution is 0.544. The van der Waals surface area contributed by atoms with E-state index in [-0.39, 0.29) is 12.4 Å². The molecule has 0 aliphatic carbocycles. The SMILES string of the molecule is Cl.Nc1ccc(C(c2ccccc2)S(=O)(=O)F)cc1. The van der Waals surface area contributed by atoms with Crippen molar-refractivity contribution in [3.05, 3.63) is 65.7 Å². The summed E-state index contributed by atoms with van der Waals surface area (Å²) < 4.78 is 36.1. The van der Waals surface area contributed by atoms with Gasteiger partial charge in [-0.25, -0.2) is 0 Å². The Morgan fingerprint density at radius 2 is 1.37 bits per heavy atom. The van der Waals surface area contributed by atoms with Crippen molar-refractivity contribution in [3.8, 4) is 0 Å². The van der Waals surface area contributed by atoms with Crippen molar-refractivity contribution in [1.82, 2.24) is 0 Å². The Morgan fingerprint density at radius 3 is 1.84 bits per heavy atom. The first-order valence-corrected chi connectivity index (χ1v) is 6.77. The fourth-order valence-electron chi connectivity index (χ4n) is 1.82. The first-order chi connectivity index (χ1) is 8.48. The number of hydrogen-bond acceptors (Lipinski definition) is 3. The smallest absolute Gasteiger partial charge is 0.313 e. The molecular weight excluding hydrogens is 289 g/mol. The summed E-state index contributed by atoms with van der Waals surface area (Å²) in [6.07, 6.45) is 0. The number of halogens is 2. The predicted octanol–water partition coefficient (Wildman–Crippen LogP) is 3.08. The van der Waals surface area contributed by atoms with Crippen molar-refractivity contribution in [3.63, 3.8) is 0 Å². The van der Waals surface area contributed by atoms with Crippen molar-refractivity contribution in [2.75, 3.05) is 5.73 Å². The van der Waals surface area contributed by atoms with Crippen LogP contribution < -0.4 is 5.73 Å². The second-order valence-electron chi connectivity index (χ2n) is 3.93. The first-order valence-electron chi connectivity index (χ1n) is 5.32. The van der Waals surface area contributed by atoms with Crippen LogP contribution >= 0.6 is 12.4 Å². The molecule has 3 nitrogen and oxygen atoms in total. The van der Waals surface area contributed by atoms with Crippen LogP contribution in [0.3, 0.4) is 0 Å². The van der Waals surface area contributed by atoms with Crippen LogP contribution in [0.25, 0.3) is 0 Å². The second kappa shape index (κ2) is 6.04. The van der Waals surface area contributed by atoms with E-state index in [0.717, 1.165) is 0 Å². The van der Waals surface area contributed by atoms with Gasteiger partial charge in [0.25, 0.3) is 0 Å². The van der Waals surface area contributed by atoms with Gasteiger partial charge in [-0.3, -0.25) is 0 Å². The molecule has 2 aromatic rings. The molecule has 102 valence electrons. The minimum Gasteiger partial charge on any atom is -0.399 e. The van der Waals surface area contributed by atoms with Crippen LogP contribution in [0.5, 0.6) is 0 Å². The Morgan fingerprint density at radius 1 is 0.895 bits per heavy atom. The molecule has 0 saturated heterocycles. The lowest BCUT2D eigenvalue weighted by Crippen LogP contribution is -2.10. The lowest BCUT2D eigenvalue weighted by Gasteiger charge is -2.13. The Kier molecular flexibility index (Phi) is 4.91. The number of nitrogens with two attached hydrogens (primary N) is 1.